The molecule has 0 aliphatic carbocycles. The maximum Gasteiger partial charge on any atom is 0.215 e. The normalized spacial score (nSPS) is 15.9. The smallest absolute Gasteiger partial charge is 0.215 e. The van der Waals surface area contributed by atoms with Crippen LogP contribution >= 0.6 is 0 Å². The number of hydrogen-bond donors (Lipinski definition) is 0. The Morgan fingerprint density at radius 1 is 1.11 bits per heavy atom. The molecule has 3 aromatic rings. The molecule has 0 amide bonds. The Balaban J connectivity index is 2.07. The lowest BCUT2D eigenvalue weighted by molar-refractivity contribution is -0.661. The molecule has 0 radical (unpaired) electrons. The van der Waals surface area contributed by atoms with Gasteiger partial charge in [0.1, 0.15) is 20.9 Å². The number of nitrogens with zero attached hydrogens (tertiary/aromatic N) is 2. The average molecular weight is 377 g/mol. The molecular formula is C23H22FN2Si+. The van der Waals surface area contributed by atoms with E-state index in [0.29, 0.717) is 11.4 Å². The number of pyridine rings is 1. The second-order valence-corrected chi connectivity index (χ2v) is 11.9. The van der Waals surface area contributed by atoms with Gasteiger partial charge in [-0.15, -0.1) is 0 Å². The Labute approximate surface area is 165 Å². The van der Waals surface area contributed by atoms with Gasteiger partial charge in [0.15, 0.2) is 11.9 Å². The highest BCUT2D eigenvalue weighted by atomic mass is 28.3. The summed E-state index contributed by atoms with van der Waals surface area (Å²) in [5.74, 6) is -0.725. The maximum absolute atomic E-state index is 14.9. The van der Waals surface area contributed by atoms with Crippen molar-refractivity contribution >= 4 is 24.1 Å². The summed E-state index contributed by atoms with van der Waals surface area (Å²) in [6, 6.07) is 11.3. The van der Waals surface area contributed by atoms with E-state index in [2.05, 4.69) is 30.1 Å². The van der Waals surface area contributed by atoms with Crippen molar-refractivity contribution in [3.05, 3.63) is 71.0 Å². The summed E-state index contributed by atoms with van der Waals surface area (Å²) < 4.78 is 39.4. The molecule has 1 aromatic heterocycles. The zero-order chi connectivity index (χ0) is 22.0. The molecule has 134 valence electrons. The van der Waals surface area contributed by atoms with Crippen molar-refractivity contribution in [1.82, 2.24) is 0 Å². The first-order valence-corrected chi connectivity index (χ1v) is 11.8. The molecule has 0 spiro atoms. The van der Waals surface area contributed by atoms with Gasteiger partial charge >= 0.3 is 0 Å². The lowest BCUT2D eigenvalue weighted by atomic mass is 9.97. The summed E-state index contributed by atoms with van der Waals surface area (Å²) in [6.07, 6.45) is 1.37. The highest BCUT2D eigenvalue weighted by Gasteiger charge is 2.42. The van der Waals surface area contributed by atoms with Crippen molar-refractivity contribution in [2.75, 3.05) is 0 Å². The molecule has 0 fully saturated rings. The van der Waals surface area contributed by atoms with Gasteiger partial charge in [-0.05, 0) is 40.8 Å². The van der Waals surface area contributed by atoms with Crippen LogP contribution in [-0.2, 0) is 7.05 Å². The fraction of sp³-hybridized carbons (Fsp3) is 0.217. The van der Waals surface area contributed by atoms with Crippen LogP contribution in [0.25, 0.3) is 27.2 Å². The van der Waals surface area contributed by atoms with Crippen LogP contribution in [0.4, 0.5) is 10.1 Å². The number of hydrogen-bond acceptors (Lipinski definition) is 0. The van der Waals surface area contributed by atoms with Crippen molar-refractivity contribution < 1.29 is 13.1 Å². The molecule has 4 heteroatoms. The first-order valence-electron chi connectivity index (χ1n) is 10.3. The summed E-state index contributed by atoms with van der Waals surface area (Å²) in [4.78, 5) is 3.77. The summed E-state index contributed by atoms with van der Waals surface area (Å²) in [7, 11) is -0.503. The standard InChI is InChI=1S/C23H22FN2Si/c1-14-10-11-17-16-8-7-9-19(25-3)22(16)27(5,6)23(17)21(14)20-12-18(24)15(2)13-26(20)4/h7-13H,1-2,4-6H3/q+1/i2D3. The van der Waals surface area contributed by atoms with Crippen LogP contribution in [0.2, 0.25) is 13.1 Å². The Morgan fingerprint density at radius 3 is 2.56 bits per heavy atom. The molecule has 2 nitrogen and oxygen atoms in total. The molecule has 0 bridgehead atoms. The molecule has 1 aliphatic heterocycles. The first-order chi connectivity index (χ1) is 14.0. The van der Waals surface area contributed by atoms with Gasteiger partial charge in [-0.2, -0.15) is 0 Å². The number of halogens is 1. The van der Waals surface area contributed by atoms with Crippen molar-refractivity contribution in [2.45, 2.75) is 26.9 Å². The van der Waals surface area contributed by atoms with Crippen molar-refractivity contribution in [1.29, 1.82) is 0 Å². The van der Waals surface area contributed by atoms with Crippen LogP contribution in [0.1, 0.15) is 15.2 Å². The molecule has 2 aromatic carbocycles. The number of fused-ring (bicyclic) bond motifs is 3. The van der Waals surface area contributed by atoms with Crippen LogP contribution in [0.5, 0.6) is 0 Å². The third kappa shape index (κ3) is 2.39. The Morgan fingerprint density at radius 2 is 1.85 bits per heavy atom. The van der Waals surface area contributed by atoms with E-state index >= 15 is 0 Å². The summed E-state index contributed by atoms with van der Waals surface area (Å²) in [6.45, 7) is 11.6. The quantitative estimate of drug-likeness (QED) is 0.340. The third-order valence-electron chi connectivity index (χ3n) is 5.60. The van der Waals surface area contributed by atoms with Crippen LogP contribution in [-0.4, -0.2) is 8.07 Å². The van der Waals surface area contributed by atoms with E-state index in [4.69, 9.17) is 10.7 Å². The Bertz CT molecular complexity index is 1260. The highest BCUT2D eigenvalue weighted by Crippen LogP contribution is 2.37. The SMILES string of the molecule is [2H]C([2H])([2H])c1c[n+](C)c(-c2c(C)ccc3c2[Si](C)(C)c2c([N+]#[C-])cccc2-3)cc1F. The molecule has 0 N–H and O–H groups in total. The molecule has 2 heterocycles. The van der Waals surface area contributed by atoms with Crippen molar-refractivity contribution in [3.8, 4) is 22.4 Å². The highest BCUT2D eigenvalue weighted by molar-refractivity contribution is 7.05. The summed E-state index contributed by atoms with van der Waals surface area (Å²) in [5.41, 5.74) is 5.16. The van der Waals surface area contributed by atoms with Gasteiger partial charge in [0.2, 0.25) is 5.69 Å². The molecule has 4 rings (SSSR count). The van der Waals surface area contributed by atoms with Gasteiger partial charge in [-0.1, -0.05) is 43.4 Å². The first kappa shape index (κ1) is 14.3. The predicted octanol–water partition coefficient (Wildman–Crippen LogP) is 4.29. The number of aryl methyl sites for hydroxylation is 3. The van der Waals surface area contributed by atoms with E-state index in [1.807, 2.05) is 25.1 Å². The maximum atomic E-state index is 14.9. The molecule has 0 saturated heterocycles. The van der Waals surface area contributed by atoms with Gasteiger partial charge in [0.25, 0.3) is 0 Å². The number of benzene rings is 2. The lowest BCUT2D eigenvalue weighted by Crippen LogP contribution is -2.51. The lowest BCUT2D eigenvalue weighted by Gasteiger charge is -2.23. The Hall–Kier alpha value is -2.77. The van der Waals surface area contributed by atoms with Gasteiger partial charge in [-0.3, -0.25) is 0 Å². The van der Waals surface area contributed by atoms with E-state index in [9.17, 15) is 4.39 Å². The van der Waals surface area contributed by atoms with Gasteiger partial charge in [-0.25, -0.2) is 13.8 Å². The van der Waals surface area contributed by atoms with Crippen molar-refractivity contribution in [2.24, 2.45) is 7.05 Å². The zero-order valence-corrected chi connectivity index (χ0v) is 16.8. The monoisotopic (exact) mass is 376 g/mol. The fourth-order valence-corrected chi connectivity index (χ4v) is 8.19. The minimum Gasteiger partial charge on any atom is -0.238 e. The van der Waals surface area contributed by atoms with E-state index in [-0.39, 0.29) is 5.56 Å². The van der Waals surface area contributed by atoms with Crippen LogP contribution in [0.3, 0.4) is 0 Å². The average Bonchev–Trinajstić information content (AvgIpc) is 2.90. The van der Waals surface area contributed by atoms with Gasteiger partial charge in [0, 0.05) is 21.3 Å². The molecule has 0 atom stereocenters. The molecular weight excluding hydrogens is 351 g/mol. The molecule has 1 aliphatic rings. The zero-order valence-electron chi connectivity index (χ0n) is 18.8. The Kier molecular flexibility index (Phi) is 3.11. The molecule has 0 saturated carbocycles. The summed E-state index contributed by atoms with van der Waals surface area (Å²) >= 11 is 0. The second kappa shape index (κ2) is 5.87. The third-order valence-corrected chi connectivity index (χ3v) is 9.14. The minimum atomic E-state index is -2.51. The second-order valence-electron chi connectivity index (χ2n) is 7.65. The van der Waals surface area contributed by atoms with E-state index in [1.165, 1.54) is 17.4 Å². The number of rotatable bonds is 1. The van der Waals surface area contributed by atoms with Crippen LogP contribution in [0.15, 0.2) is 42.6 Å². The minimum absolute atomic E-state index is 0.283. The number of aromatic nitrogens is 1. The van der Waals surface area contributed by atoms with Crippen LogP contribution in [0, 0.1) is 26.2 Å². The predicted molar refractivity (Wildman–Crippen MR) is 111 cm³/mol. The summed E-state index contributed by atoms with van der Waals surface area (Å²) in [5, 5.41) is 2.29. The van der Waals surface area contributed by atoms with E-state index in [1.54, 1.807) is 11.6 Å². The fourth-order valence-electron chi connectivity index (χ4n) is 4.42. The topological polar surface area (TPSA) is 8.24 Å². The van der Waals surface area contributed by atoms with Crippen LogP contribution < -0.4 is 14.9 Å². The van der Waals surface area contributed by atoms with Crippen molar-refractivity contribution in [3.63, 3.8) is 0 Å². The van der Waals surface area contributed by atoms with E-state index in [0.717, 1.165) is 27.4 Å². The van der Waals surface area contributed by atoms with E-state index < -0.39 is 20.7 Å². The van der Waals surface area contributed by atoms with Gasteiger partial charge < -0.3 is 0 Å². The van der Waals surface area contributed by atoms with Gasteiger partial charge in [0.05, 0.1) is 6.57 Å². The largest absolute Gasteiger partial charge is 0.238 e. The molecule has 27 heavy (non-hydrogen) atoms. The molecule has 0 unspecified atom stereocenters.